The van der Waals surface area contributed by atoms with Gasteiger partial charge in [0, 0.05) is 36.6 Å². The first-order valence-corrected chi connectivity index (χ1v) is 10.6. The predicted molar refractivity (Wildman–Crippen MR) is 124 cm³/mol. The van der Waals surface area contributed by atoms with Crippen LogP contribution in [0.4, 0.5) is 11.4 Å². The van der Waals surface area contributed by atoms with Crippen molar-refractivity contribution in [3.05, 3.63) is 70.5 Å². The van der Waals surface area contributed by atoms with E-state index in [4.69, 9.17) is 9.47 Å². The van der Waals surface area contributed by atoms with Crippen molar-refractivity contribution in [3.8, 4) is 17.2 Å². The van der Waals surface area contributed by atoms with Gasteiger partial charge in [0.1, 0.15) is 6.61 Å². The second-order valence-electron chi connectivity index (χ2n) is 7.11. The third kappa shape index (κ3) is 6.07. The molecule has 174 valence electrons. The first-order valence-electron chi connectivity index (χ1n) is 10.6. The molecule has 0 saturated heterocycles. The van der Waals surface area contributed by atoms with E-state index in [9.17, 15) is 14.9 Å². The van der Waals surface area contributed by atoms with Gasteiger partial charge in [-0.3, -0.25) is 14.9 Å². The fourth-order valence-electron chi connectivity index (χ4n) is 3.20. The van der Waals surface area contributed by atoms with E-state index < -0.39 is 10.8 Å². The molecule has 1 N–H and O–H groups in total. The zero-order valence-electron chi connectivity index (χ0n) is 18.9. The summed E-state index contributed by atoms with van der Waals surface area (Å²) in [6.07, 6.45) is 1.62. The van der Waals surface area contributed by atoms with Crippen LogP contribution in [-0.4, -0.2) is 58.9 Å². The number of hydrogen-bond acceptors (Lipinski definition) is 7. The van der Waals surface area contributed by atoms with E-state index in [1.807, 2.05) is 0 Å². The molecule has 0 aliphatic carbocycles. The Morgan fingerprint density at radius 3 is 2.48 bits per heavy atom. The summed E-state index contributed by atoms with van der Waals surface area (Å²) in [5.74, 6) is 0.726. The van der Waals surface area contributed by atoms with Crippen LogP contribution in [0.1, 0.15) is 24.3 Å². The molecule has 1 heterocycles. The van der Waals surface area contributed by atoms with E-state index in [2.05, 4.69) is 29.2 Å². The molecule has 0 unspecified atom stereocenters. The molecule has 0 spiro atoms. The Balaban J connectivity index is 1.68. The number of likely N-dealkylation sites (N-methyl/N-ethyl adjacent to an activating group) is 1. The number of amides is 1. The van der Waals surface area contributed by atoms with Gasteiger partial charge >= 0.3 is 0 Å². The largest absolute Gasteiger partial charge is 0.493 e. The highest BCUT2D eigenvalue weighted by atomic mass is 16.6. The normalized spacial score (nSPS) is 10.8. The highest BCUT2D eigenvalue weighted by Crippen LogP contribution is 2.30. The van der Waals surface area contributed by atoms with Crippen LogP contribution >= 0.6 is 0 Å². The SMILES string of the molecule is CCN(CC)CCOc1cc(NC(=O)c2ccn(-c3ccc([N+](=O)[O-])cc3)n2)ccc1OC. The molecule has 3 rings (SSSR count). The number of non-ortho nitro benzene ring substituents is 1. The maximum absolute atomic E-state index is 12.7. The summed E-state index contributed by atoms with van der Waals surface area (Å²) in [6, 6.07) is 12.6. The van der Waals surface area contributed by atoms with Gasteiger partial charge in [0.25, 0.3) is 11.6 Å². The Kier molecular flexibility index (Phi) is 7.98. The van der Waals surface area contributed by atoms with Gasteiger partial charge in [-0.15, -0.1) is 0 Å². The summed E-state index contributed by atoms with van der Waals surface area (Å²) in [7, 11) is 1.57. The predicted octanol–water partition coefficient (Wildman–Crippen LogP) is 3.76. The fourth-order valence-corrected chi connectivity index (χ4v) is 3.20. The molecule has 1 amide bonds. The van der Waals surface area contributed by atoms with Crippen molar-refractivity contribution in [2.45, 2.75) is 13.8 Å². The number of hydrogen-bond donors (Lipinski definition) is 1. The third-order valence-electron chi connectivity index (χ3n) is 5.13. The number of methoxy groups -OCH3 is 1. The lowest BCUT2D eigenvalue weighted by molar-refractivity contribution is -0.384. The Labute approximate surface area is 191 Å². The lowest BCUT2D eigenvalue weighted by Crippen LogP contribution is -2.28. The first kappa shape index (κ1) is 23.7. The molecular weight excluding hydrogens is 426 g/mol. The van der Waals surface area contributed by atoms with Gasteiger partial charge in [-0.1, -0.05) is 13.8 Å². The number of benzene rings is 2. The van der Waals surface area contributed by atoms with E-state index in [0.29, 0.717) is 29.5 Å². The molecule has 0 saturated carbocycles. The average Bonchev–Trinajstić information content (AvgIpc) is 3.33. The van der Waals surface area contributed by atoms with Crippen LogP contribution in [0.2, 0.25) is 0 Å². The Hall–Kier alpha value is -3.92. The topological polar surface area (TPSA) is 112 Å². The van der Waals surface area contributed by atoms with Gasteiger partial charge < -0.3 is 19.7 Å². The van der Waals surface area contributed by atoms with Crippen LogP contribution in [0.3, 0.4) is 0 Å². The number of nitrogens with one attached hydrogen (secondary N) is 1. The van der Waals surface area contributed by atoms with Gasteiger partial charge in [-0.25, -0.2) is 4.68 Å². The molecule has 3 aromatic rings. The monoisotopic (exact) mass is 453 g/mol. The smallest absolute Gasteiger partial charge is 0.276 e. The molecule has 33 heavy (non-hydrogen) atoms. The molecule has 0 radical (unpaired) electrons. The van der Waals surface area contributed by atoms with E-state index in [0.717, 1.165) is 19.6 Å². The third-order valence-corrected chi connectivity index (χ3v) is 5.13. The standard InChI is InChI=1S/C23H27N5O5/c1-4-26(5-2)14-15-33-22-16-17(6-11-21(22)32-3)24-23(29)20-12-13-27(25-20)18-7-9-19(10-8-18)28(30)31/h6-13,16H,4-5,14-15H2,1-3H3,(H,24,29). The number of nitrogens with zero attached hydrogens (tertiary/aromatic N) is 4. The minimum atomic E-state index is -0.470. The van der Waals surface area contributed by atoms with Gasteiger partial charge in [0.2, 0.25) is 0 Å². The number of rotatable bonds is 11. The fraction of sp³-hybridized carbons (Fsp3) is 0.304. The van der Waals surface area contributed by atoms with Gasteiger partial charge in [-0.2, -0.15) is 5.10 Å². The highest BCUT2D eigenvalue weighted by Gasteiger charge is 2.14. The summed E-state index contributed by atoms with van der Waals surface area (Å²) in [5, 5.41) is 17.9. The second-order valence-corrected chi connectivity index (χ2v) is 7.11. The maximum Gasteiger partial charge on any atom is 0.276 e. The van der Waals surface area contributed by atoms with Crippen molar-refractivity contribution in [2.75, 3.05) is 38.7 Å². The molecule has 0 fully saturated rings. The van der Waals surface area contributed by atoms with Crippen molar-refractivity contribution < 1.29 is 19.2 Å². The molecule has 2 aromatic carbocycles. The Bertz CT molecular complexity index is 1090. The van der Waals surface area contributed by atoms with Gasteiger partial charge in [-0.05, 0) is 43.4 Å². The Morgan fingerprint density at radius 1 is 1.12 bits per heavy atom. The number of aromatic nitrogens is 2. The van der Waals surface area contributed by atoms with Crippen LogP contribution in [-0.2, 0) is 0 Å². The lowest BCUT2D eigenvalue weighted by atomic mass is 10.2. The van der Waals surface area contributed by atoms with Crippen LogP contribution in [0, 0.1) is 10.1 Å². The average molecular weight is 453 g/mol. The summed E-state index contributed by atoms with van der Waals surface area (Å²) in [4.78, 5) is 25.3. The van der Waals surface area contributed by atoms with Crippen LogP contribution < -0.4 is 14.8 Å². The summed E-state index contributed by atoms with van der Waals surface area (Å²) < 4.78 is 12.7. The minimum absolute atomic E-state index is 0.0153. The first-order chi connectivity index (χ1) is 15.9. The number of nitro benzene ring substituents is 1. The molecule has 0 bridgehead atoms. The summed E-state index contributed by atoms with van der Waals surface area (Å²) in [6.45, 7) is 7.37. The maximum atomic E-state index is 12.7. The van der Waals surface area contributed by atoms with E-state index in [-0.39, 0.29) is 11.4 Å². The van der Waals surface area contributed by atoms with Crippen LogP contribution in [0.15, 0.2) is 54.7 Å². The lowest BCUT2D eigenvalue weighted by Gasteiger charge is -2.19. The second kappa shape index (κ2) is 11.1. The van der Waals surface area contributed by atoms with E-state index in [1.165, 1.54) is 16.8 Å². The molecule has 0 atom stereocenters. The molecule has 0 aliphatic heterocycles. The van der Waals surface area contributed by atoms with Crippen molar-refractivity contribution in [3.63, 3.8) is 0 Å². The minimum Gasteiger partial charge on any atom is -0.493 e. The van der Waals surface area contributed by atoms with Crippen molar-refractivity contribution in [1.29, 1.82) is 0 Å². The zero-order valence-corrected chi connectivity index (χ0v) is 18.9. The Morgan fingerprint density at radius 2 is 1.85 bits per heavy atom. The quantitative estimate of drug-likeness (QED) is 0.347. The zero-order chi connectivity index (χ0) is 23.8. The molecule has 10 heteroatoms. The molecule has 0 aliphatic rings. The number of carbonyl (C=O) groups excluding carboxylic acids is 1. The number of carbonyl (C=O) groups is 1. The molecular formula is C23H27N5O5. The van der Waals surface area contributed by atoms with Crippen LogP contribution in [0.5, 0.6) is 11.5 Å². The molecule has 1 aromatic heterocycles. The van der Waals surface area contributed by atoms with E-state index in [1.54, 1.807) is 49.7 Å². The van der Waals surface area contributed by atoms with Crippen molar-refractivity contribution in [1.82, 2.24) is 14.7 Å². The number of anilines is 1. The molecule has 10 nitrogen and oxygen atoms in total. The summed E-state index contributed by atoms with van der Waals surface area (Å²) in [5.41, 5.74) is 1.34. The van der Waals surface area contributed by atoms with Gasteiger partial charge in [0.05, 0.1) is 17.7 Å². The highest BCUT2D eigenvalue weighted by molar-refractivity contribution is 6.03. The summed E-state index contributed by atoms with van der Waals surface area (Å²) >= 11 is 0. The van der Waals surface area contributed by atoms with E-state index >= 15 is 0 Å². The van der Waals surface area contributed by atoms with Crippen LogP contribution in [0.25, 0.3) is 5.69 Å². The van der Waals surface area contributed by atoms with Gasteiger partial charge in [0.15, 0.2) is 17.2 Å². The number of nitro groups is 1. The number of ether oxygens (including phenoxy) is 2. The van der Waals surface area contributed by atoms with Crippen molar-refractivity contribution in [2.24, 2.45) is 0 Å². The van der Waals surface area contributed by atoms with Crippen molar-refractivity contribution >= 4 is 17.3 Å².